The van der Waals surface area contributed by atoms with E-state index in [0.717, 1.165) is 0 Å². The number of sulfonamides is 1. The Bertz CT molecular complexity index is 924. The third-order valence-corrected chi connectivity index (χ3v) is 5.67. The van der Waals surface area contributed by atoms with Gasteiger partial charge in [0.15, 0.2) is 0 Å². The van der Waals surface area contributed by atoms with E-state index in [-0.39, 0.29) is 34.0 Å². The molecule has 3 N–H and O–H groups in total. The molecule has 0 saturated heterocycles. The molecule has 2 amide bonds. The maximum Gasteiger partial charge on any atom is 0.321 e. The summed E-state index contributed by atoms with van der Waals surface area (Å²) in [5, 5.41) is 5.04. The number of anilines is 2. The van der Waals surface area contributed by atoms with E-state index in [1.165, 1.54) is 24.4 Å². The van der Waals surface area contributed by atoms with E-state index >= 15 is 0 Å². The van der Waals surface area contributed by atoms with E-state index < -0.39 is 16.1 Å². The minimum absolute atomic E-state index is 0.0383. The van der Waals surface area contributed by atoms with Crippen LogP contribution in [0.3, 0.4) is 0 Å². The van der Waals surface area contributed by atoms with Gasteiger partial charge in [-0.05, 0) is 18.2 Å². The number of nitrogens with zero attached hydrogens (tertiary/aromatic N) is 3. The lowest BCUT2D eigenvalue weighted by molar-refractivity contribution is 0.252. The van der Waals surface area contributed by atoms with Crippen molar-refractivity contribution in [3.8, 4) is 0 Å². The number of amides is 2. The van der Waals surface area contributed by atoms with Crippen molar-refractivity contribution in [1.82, 2.24) is 20.0 Å². The van der Waals surface area contributed by atoms with Crippen molar-refractivity contribution in [2.24, 2.45) is 0 Å². The summed E-state index contributed by atoms with van der Waals surface area (Å²) in [5.74, 6) is 0.761. The Labute approximate surface area is 167 Å². The fourth-order valence-electron chi connectivity index (χ4n) is 1.93. The summed E-state index contributed by atoms with van der Waals surface area (Å²) in [6.07, 6.45) is 1.51. The molecule has 0 saturated carbocycles. The third-order valence-electron chi connectivity index (χ3n) is 3.23. The van der Waals surface area contributed by atoms with Crippen molar-refractivity contribution in [2.45, 2.75) is 4.90 Å². The van der Waals surface area contributed by atoms with E-state index in [9.17, 15) is 13.2 Å². The Kier molecular flexibility index (Phi) is 7.19. The molecule has 0 bridgehead atoms. The summed E-state index contributed by atoms with van der Waals surface area (Å²) < 4.78 is 26.8. The molecule has 0 spiro atoms. The summed E-state index contributed by atoms with van der Waals surface area (Å²) >= 11 is 11.7. The van der Waals surface area contributed by atoms with Gasteiger partial charge in [0, 0.05) is 33.4 Å². The van der Waals surface area contributed by atoms with Gasteiger partial charge in [0.1, 0.15) is 10.7 Å². The highest BCUT2D eigenvalue weighted by Crippen LogP contribution is 2.28. The first-order valence-electron chi connectivity index (χ1n) is 7.69. The molecule has 1 aromatic carbocycles. The Morgan fingerprint density at radius 1 is 1.19 bits per heavy atom. The van der Waals surface area contributed by atoms with Crippen LogP contribution in [0.5, 0.6) is 0 Å². The topological polar surface area (TPSA) is 116 Å². The van der Waals surface area contributed by atoms with Crippen LogP contribution in [0.2, 0.25) is 10.0 Å². The number of halogens is 2. The first-order chi connectivity index (χ1) is 12.7. The van der Waals surface area contributed by atoms with E-state index in [2.05, 4.69) is 25.3 Å². The average Bonchev–Trinajstić information content (AvgIpc) is 2.61. The molecule has 146 valence electrons. The fourth-order valence-corrected chi connectivity index (χ4v) is 3.73. The van der Waals surface area contributed by atoms with Crippen LogP contribution in [0.15, 0.2) is 35.4 Å². The molecule has 12 heteroatoms. The van der Waals surface area contributed by atoms with Gasteiger partial charge in [-0.3, -0.25) is 5.32 Å². The van der Waals surface area contributed by atoms with Gasteiger partial charge in [-0.1, -0.05) is 29.3 Å². The van der Waals surface area contributed by atoms with Gasteiger partial charge in [-0.15, -0.1) is 0 Å². The molecule has 9 nitrogen and oxygen atoms in total. The van der Waals surface area contributed by atoms with Gasteiger partial charge in [0.05, 0.1) is 10.0 Å². The zero-order chi connectivity index (χ0) is 20.0. The van der Waals surface area contributed by atoms with E-state index in [1.54, 1.807) is 11.0 Å². The summed E-state index contributed by atoms with van der Waals surface area (Å²) in [6.45, 7) is -0.00614. The lowest BCUT2D eigenvalue weighted by Crippen LogP contribution is -2.37. The Morgan fingerprint density at radius 3 is 2.63 bits per heavy atom. The Hall–Kier alpha value is -2.14. The van der Waals surface area contributed by atoms with Crippen molar-refractivity contribution in [3.63, 3.8) is 0 Å². The second-order valence-corrected chi connectivity index (χ2v) is 7.98. The molecule has 0 fully saturated rings. The van der Waals surface area contributed by atoms with Gasteiger partial charge in [0.2, 0.25) is 16.0 Å². The number of carbonyl (C=O) groups excluding carboxylic acids is 1. The molecule has 0 aliphatic heterocycles. The number of nitrogens with one attached hydrogen (secondary N) is 3. The van der Waals surface area contributed by atoms with Crippen molar-refractivity contribution in [3.05, 3.63) is 40.5 Å². The normalized spacial score (nSPS) is 11.1. The molecule has 1 aromatic heterocycles. The first-order valence-corrected chi connectivity index (χ1v) is 9.93. The predicted octanol–water partition coefficient (Wildman–Crippen LogP) is 1.95. The zero-order valence-corrected chi connectivity index (χ0v) is 16.9. The number of hydrogen-bond acceptors (Lipinski definition) is 6. The van der Waals surface area contributed by atoms with Gasteiger partial charge in [-0.25, -0.2) is 22.9 Å². The fraction of sp³-hybridized carbons (Fsp3) is 0.267. The average molecular weight is 433 g/mol. The summed E-state index contributed by atoms with van der Waals surface area (Å²) in [5.41, 5.74) is 0. The predicted molar refractivity (Wildman–Crippen MR) is 105 cm³/mol. The zero-order valence-electron chi connectivity index (χ0n) is 14.5. The van der Waals surface area contributed by atoms with Crippen LogP contribution >= 0.6 is 23.2 Å². The van der Waals surface area contributed by atoms with Gasteiger partial charge >= 0.3 is 6.03 Å². The molecule has 0 aliphatic rings. The highest BCUT2D eigenvalue weighted by Gasteiger charge is 2.18. The van der Waals surface area contributed by atoms with Crippen LogP contribution in [0, 0.1) is 0 Å². The minimum atomic E-state index is -3.85. The Morgan fingerprint density at radius 2 is 1.93 bits per heavy atom. The number of hydrogen-bond donors (Lipinski definition) is 3. The minimum Gasteiger partial charge on any atom is -0.363 e. The van der Waals surface area contributed by atoms with Crippen LogP contribution in [0.1, 0.15) is 0 Å². The number of benzene rings is 1. The van der Waals surface area contributed by atoms with Crippen LogP contribution in [0.4, 0.5) is 16.6 Å². The number of aromatic nitrogens is 2. The second kappa shape index (κ2) is 9.18. The maximum absolute atomic E-state index is 12.2. The van der Waals surface area contributed by atoms with Gasteiger partial charge < -0.3 is 10.2 Å². The molecule has 0 aliphatic carbocycles. The van der Waals surface area contributed by atoms with Crippen LogP contribution < -0.4 is 20.3 Å². The lowest BCUT2D eigenvalue weighted by atomic mass is 10.4. The number of carbonyl (C=O) groups is 1. The molecular weight excluding hydrogens is 415 g/mol. The van der Waals surface area contributed by atoms with Gasteiger partial charge in [0.25, 0.3) is 0 Å². The summed E-state index contributed by atoms with van der Waals surface area (Å²) in [4.78, 5) is 21.6. The van der Waals surface area contributed by atoms with E-state index in [4.69, 9.17) is 23.2 Å². The van der Waals surface area contributed by atoms with Crippen LogP contribution in [0.25, 0.3) is 0 Å². The van der Waals surface area contributed by atoms with Crippen LogP contribution in [-0.4, -0.2) is 51.6 Å². The van der Waals surface area contributed by atoms with Gasteiger partial charge in [-0.2, -0.15) is 4.98 Å². The standard InChI is InChI=1S/C15H18Cl2N6O3S/c1-23(2)12-6-7-18-14(21-12)22-15(24)19-8-9-20-27(25,26)11-5-3-4-10(16)13(11)17/h3-7,20H,8-9H2,1-2H3,(H2,18,19,21,22,24). The van der Waals surface area contributed by atoms with Crippen molar-refractivity contribution >= 4 is 51.0 Å². The molecular formula is C15H18Cl2N6O3S. The molecule has 2 rings (SSSR count). The van der Waals surface area contributed by atoms with E-state index in [0.29, 0.717) is 5.82 Å². The quantitative estimate of drug-likeness (QED) is 0.575. The van der Waals surface area contributed by atoms with Crippen molar-refractivity contribution in [2.75, 3.05) is 37.4 Å². The molecule has 2 aromatic rings. The highest BCUT2D eigenvalue weighted by atomic mass is 35.5. The molecule has 27 heavy (non-hydrogen) atoms. The van der Waals surface area contributed by atoms with Crippen molar-refractivity contribution < 1.29 is 13.2 Å². The highest BCUT2D eigenvalue weighted by molar-refractivity contribution is 7.89. The number of rotatable bonds is 7. The summed E-state index contributed by atoms with van der Waals surface area (Å²) in [7, 11) is -0.234. The molecule has 0 atom stereocenters. The Balaban J connectivity index is 1.85. The van der Waals surface area contributed by atoms with E-state index in [1.807, 2.05) is 14.1 Å². The number of urea groups is 1. The lowest BCUT2D eigenvalue weighted by Gasteiger charge is -2.12. The SMILES string of the molecule is CN(C)c1ccnc(NC(=O)NCCNS(=O)(=O)c2cccc(Cl)c2Cl)n1. The largest absolute Gasteiger partial charge is 0.363 e. The van der Waals surface area contributed by atoms with Crippen molar-refractivity contribution in [1.29, 1.82) is 0 Å². The maximum atomic E-state index is 12.2. The molecule has 0 unspecified atom stereocenters. The van der Waals surface area contributed by atoms with Crippen LogP contribution in [-0.2, 0) is 10.0 Å². The monoisotopic (exact) mass is 432 g/mol. The molecule has 1 heterocycles. The summed E-state index contributed by atoms with van der Waals surface area (Å²) in [6, 6.07) is 5.44. The second-order valence-electron chi connectivity index (χ2n) is 5.46. The third kappa shape index (κ3) is 5.93. The first kappa shape index (κ1) is 21.2. The smallest absolute Gasteiger partial charge is 0.321 e. The molecule has 0 radical (unpaired) electrons.